The SMILES string of the molecule is CNCC1CCN(C(C)c2ccc3ccccc3c2O)C1. The summed E-state index contributed by atoms with van der Waals surface area (Å²) in [5.41, 5.74) is 1.04. The van der Waals surface area contributed by atoms with Crippen molar-refractivity contribution in [2.45, 2.75) is 19.4 Å². The molecule has 2 aromatic carbocycles. The van der Waals surface area contributed by atoms with Gasteiger partial charge in [0.05, 0.1) is 0 Å². The van der Waals surface area contributed by atoms with Gasteiger partial charge in [0.1, 0.15) is 5.75 Å². The maximum atomic E-state index is 10.6. The smallest absolute Gasteiger partial charge is 0.128 e. The molecule has 0 aliphatic carbocycles. The molecule has 0 saturated carbocycles. The fraction of sp³-hybridized carbons (Fsp3) is 0.444. The molecular formula is C18H24N2O. The summed E-state index contributed by atoms with van der Waals surface area (Å²) in [6.07, 6.45) is 1.24. The van der Waals surface area contributed by atoms with Crippen molar-refractivity contribution >= 4 is 10.8 Å². The van der Waals surface area contributed by atoms with E-state index in [0.717, 1.165) is 41.9 Å². The van der Waals surface area contributed by atoms with Gasteiger partial charge in [0.2, 0.25) is 0 Å². The summed E-state index contributed by atoms with van der Waals surface area (Å²) in [6, 6.07) is 12.5. The van der Waals surface area contributed by atoms with Crippen LogP contribution in [0.25, 0.3) is 10.8 Å². The number of fused-ring (bicyclic) bond motifs is 1. The van der Waals surface area contributed by atoms with Gasteiger partial charge in [-0.25, -0.2) is 0 Å². The van der Waals surface area contributed by atoms with Crippen molar-refractivity contribution in [3.63, 3.8) is 0 Å². The molecule has 0 bridgehead atoms. The van der Waals surface area contributed by atoms with Gasteiger partial charge in [0.25, 0.3) is 0 Å². The predicted molar refractivity (Wildman–Crippen MR) is 87.6 cm³/mol. The van der Waals surface area contributed by atoms with Crippen molar-refractivity contribution in [2.24, 2.45) is 5.92 Å². The van der Waals surface area contributed by atoms with E-state index in [0.29, 0.717) is 5.75 Å². The first-order valence-corrected chi connectivity index (χ1v) is 7.80. The summed E-state index contributed by atoms with van der Waals surface area (Å²) in [6.45, 7) is 5.49. The summed E-state index contributed by atoms with van der Waals surface area (Å²) in [4.78, 5) is 2.48. The topological polar surface area (TPSA) is 35.5 Å². The highest BCUT2D eigenvalue weighted by molar-refractivity contribution is 5.89. The average molecular weight is 284 g/mol. The summed E-state index contributed by atoms with van der Waals surface area (Å²) in [7, 11) is 2.02. The molecule has 1 heterocycles. The van der Waals surface area contributed by atoms with Gasteiger partial charge in [-0.2, -0.15) is 0 Å². The molecule has 1 fully saturated rings. The van der Waals surface area contributed by atoms with Crippen LogP contribution in [0.15, 0.2) is 36.4 Å². The number of rotatable bonds is 4. The van der Waals surface area contributed by atoms with E-state index in [1.807, 2.05) is 31.3 Å². The van der Waals surface area contributed by atoms with Crippen LogP contribution >= 0.6 is 0 Å². The monoisotopic (exact) mass is 284 g/mol. The number of phenolic OH excluding ortho intramolecular Hbond substituents is 1. The molecule has 3 rings (SSSR count). The lowest BCUT2D eigenvalue weighted by Crippen LogP contribution is -2.27. The van der Waals surface area contributed by atoms with Crippen LogP contribution < -0.4 is 5.32 Å². The Labute approximate surface area is 126 Å². The third-order valence-electron chi connectivity index (χ3n) is 4.74. The van der Waals surface area contributed by atoms with Crippen LogP contribution in [0, 0.1) is 5.92 Å². The van der Waals surface area contributed by atoms with Crippen LogP contribution in [0.3, 0.4) is 0 Å². The lowest BCUT2D eigenvalue weighted by atomic mass is 10.00. The summed E-state index contributed by atoms with van der Waals surface area (Å²) >= 11 is 0. The van der Waals surface area contributed by atoms with E-state index in [2.05, 4.69) is 29.3 Å². The standard InChI is InChI=1S/C18H24N2O/c1-13(20-10-9-14(12-20)11-19-2)16-8-7-15-5-3-4-6-17(15)18(16)21/h3-8,13-14,19,21H,9-12H2,1-2H3. The third kappa shape index (κ3) is 2.76. The van der Waals surface area contributed by atoms with E-state index in [1.54, 1.807) is 0 Å². The minimum Gasteiger partial charge on any atom is -0.507 e. The van der Waals surface area contributed by atoms with Crippen LogP contribution in [0.2, 0.25) is 0 Å². The minimum absolute atomic E-state index is 0.261. The third-order valence-corrected chi connectivity index (χ3v) is 4.74. The molecule has 2 N–H and O–H groups in total. The molecule has 2 unspecified atom stereocenters. The van der Waals surface area contributed by atoms with Crippen molar-refractivity contribution in [2.75, 3.05) is 26.7 Å². The van der Waals surface area contributed by atoms with E-state index in [1.165, 1.54) is 6.42 Å². The van der Waals surface area contributed by atoms with Crippen LogP contribution in [0.1, 0.15) is 24.9 Å². The summed E-state index contributed by atoms with van der Waals surface area (Å²) < 4.78 is 0. The Morgan fingerprint density at radius 2 is 2.10 bits per heavy atom. The zero-order valence-electron chi connectivity index (χ0n) is 12.8. The van der Waals surface area contributed by atoms with E-state index in [-0.39, 0.29) is 6.04 Å². The molecule has 21 heavy (non-hydrogen) atoms. The number of nitrogens with zero attached hydrogens (tertiary/aromatic N) is 1. The molecule has 0 radical (unpaired) electrons. The van der Waals surface area contributed by atoms with Crippen LogP contribution in [0.5, 0.6) is 5.75 Å². The van der Waals surface area contributed by atoms with Crippen molar-refractivity contribution in [1.29, 1.82) is 0 Å². The van der Waals surface area contributed by atoms with Gasteiger partial charge >= 0.3 is 0 Å². The van der Waals surface area contributed by atoms with E-state index >= 15 is 0 Å². The zero-order chi connectivity index (χ0) is 14.8. The lowest BCUT2D eigenvalue weighted by Gasteiger charge is -2.26. The van der Waals surface area contributed by atoms with Gasteiger partial charge in [-0.1, -0.05) is 36.4 Å². The molecule has 0 aromatic heterocycles. The highest BCUT2D eigenvalue weighted by Crippen LogP contribution is 2.36. The largest absolute Gasteiger partial charge is 0.507 e. The second kappa shape index (κ2) is 6.04. The molecular weight excluding hydrogens is 260 g/mol. The average Bonchev–Trinajstić information content (AvgIpc) is 2.96. The number of nitrogens with one attached hydrogen (secondary N) is 1. The highest BCUT2D eigenvalue weighted by Gasteiger charge is 2.27. The lowest BCUT2D eigenvalue weighted by molar-refractivity contribution is 0.248. The first-order valence-electron chi connectivity index (χ1n) is 7.80. The molecule has 0 amide bonds. The number of likely N-dealkylation sites (tertiary alicyclic amines) is 1. The molecule has 3 heteroatoms. The normalized spacial score (nSPS) is 21.0. The van der Waals surface area contributed by atoms with Gasteiger partial charge in [-0.3, -0.25) is 4.90 Å². The fourth-order valence-electron chi connectivity index (χ4n) is 3.48. The van der Waals surface area contributed by atoms with Gasteiger partial charge in [0, 0.05) is 23.5 Å². The maximum Gasteiger partial charge on any atom is 0.128 e. The van der Waals surface area contributed by atoms with Crippen molar-refractivity contribution in [3.8, 4) is 5.75 Å². The molecule has 2 aromatic rings. The minimum atomic E-state index is 0.261. The molecule has 1 aliphatic heterocycles. The second-order valence-corrected chi connectivity index (χ2v) is 6.11. The number of benzene rings is 2. The number of aromatic hydroxyl groups is 1. The molecule has 3 nitrogen and oxygen atoms in total. The van der Waals surface area contributed by atoms with Crippen molar-refractivity contribution < 1.29 is 5.11 Å². The van der Waals surface area contributed by atoms with Crippen molar-refractivity contribution in [3.05, 3.63) is 42.0 Å². The molecule has 2 atom stereocenters. The van der Waals surface area contributed by atoms with E-state index in [4.69, 9.17) is 0 Å². The summed E-state index contributed by atoms with van der Waals surface area (Å²) in [5, 5.41) is 15.9. The summed E-state index contributed by atoms with van der Waals surface area (Å²) in [5.74, 6) is 1.16. The van der Waals surface area contributed by atoms with Gasteiger partial charge in [0.15, 0.2) is 0 Å². The maximum absolute atomic E-state index is 10.6. The zero-order valence-corrected chi connectivity index (χ0v) is 12.8. The second-order valence-electron chi connectivity index (χ2n) is 6.11. The Bertz CT molecular complexity index is 626. The van der Waals surface area contributed by atoms with Crippen LogP contribution in [0.4, 0.5) is 0 Å². The van der Waals surface area contributed by atoms with E-state index in [9.17, 15) is 5.11 Å². The van der Waals surface area contributed by atoms with Crippen molar-refractivity contribution in [1.82, 2.24) is 10.2 Å². The fourth-order valence-corrected chi connectivity index (χ4v) is 3.48. The van der Waals surface area contributed by atoms with Crippen LogP contribution in [-0.4, -0.2) is 36.7 Å². The molecule has 112 valence electrons. The highest BCUT2D eigenvalue weighted by atomic mass is 16.3. The molecule has 1 saturated heterocycles. The van der Waals surface area contributed by atoms with Crippen LogP contribution in [-0.2, 0) is 0 Å². The number of hydrogen-bond donors (Lipinski definition) is 2. The predicted octanol–water partition coefficient (Wildman–Crippen LogP) is 3.15. The molecule has 0 spiro atoms. The Morgan fingerprint density at radius 1 is 1.29 bits per heavy atom. The Kier molecular flexibility index (Phi) is 4.13. The Balaban J connectivity index is 1.85. The van der Waals surface area contributed by atoms with Gasteiger partial charge in [-0.05, 0) is 44.8 Å². The first-order chi connectivity index (χ1) is 10.2. The van der Waals surface area contributed by atoms with E-state index < -0.39 is 0 Å². The molecule has 1 aliphatic rings. The van der Waals surface area contributed by atoms with Gasteiger partial charge in [-0.15, -0.1) is 0 Å². The Hall–Kier alpha value is -1.58. The van der Waals surface area contributed by atoms with Gasteiger partial charge < -0.3 is 10.4 Å². The Morgan fingerprint density at radius 3 is 2.90 bits per heavy atom. The quantitative estimate of drug-likeness (QED) is 0.905. The number of hydrogen-bond acceptors (Lipinski definition) is 3. The first kappa shape index (κ1) is 14.4. The number of phenols is 1.